The number of carbonyl (C=O) groups is 1. The first-order chi connectivity index (χ1) is 15.4. The van der Waals surface area contributed by atoms with Crippen LogP contribution in [0.4, 0.5) is 22.1 Å². The fraction of sp³-hybridized carbons (Fsp3) is 0.364. The molecule has 4 rings (SSSR count). The van der Waals surface area contributed by atoms with E-state index in [-0.39, 0.29) is 12.1 Å². The number of H-pyrrole nitrogens is 1. The molecule has 2 aromatic heterocycles. The standard InChI is InChI=1S/C22H28N8OS/c1-13-10-17(26-21(31)25-16-6-8-23-9-7-16)4-5-18(13)32-22-24-14(2)11-19(28-22)27-20-12-15(3)29-30-20/h4-5,10-12,16,23H,6-9H2,1-3H3,(H2,25,26,31)(H2,24,27,28,29,30). The van der Waals surface area contributed by atoms with Crippen molar-refractivity contribution in [3.63, 3.8) is 0 Å². The molecule has 10 heteroatoms. The van der Waals surface area contributed by atoms with Crippen LogP contribution in [0.2, 0.25) is 0 Å². The van der Waals surface area contributed by atoms with Crippen molar-refractivity contribution in [2.24, 2.45) is 0 Å². The van der Waals surface area contributed by atoms with Gasteiger partial charge in [0.2, 0.25) is 0 Å². The van der Waals surface area contributed by atoms with Crippen LogP contribution >= 0.6 is 11.8 Å². The van der Waals surface area contributed by atoms with E-state index in [1.165, 1.54) is 11.8 Å². The largest absolute Gasteiger partial charge is 0.335 e. The van der Waals surface area contributed by atoms with Crippen molar-refractivity contribution in [1.29, 1.82) is 0 Å². The zero-order valence-electron chi connectivity index (χ0n) is 18.5. The highest BCUT2D eigenvalue weighted by atomic mass is 32.2. The number of aromatic amines is 1. The van der Waals surface area contributed by atoms with Crippen molar-refractivity contribution in [3.8, 4) is 0 Å². The molecular formula is C22H28N8OS. The van der Waals surface area contributed by atoms with Gasteiger partial charge in [-0.1, -0.05) is 0 Å². The molecule has 0 bridgehead atoms. The number of nitrogens with one attached hydrogen (secondary N) is 5. The highest BCUT2D eigenvalue weighted by molar-refractivity contribution is 7.99. The molecule has 1 aliphatic rings. The van der Waals surface area contributed by atoms with E-state index in [0.717, 1.165) is 59.3 Å². The highest BCUT2D eigenvalue weighted by Crippen LogP contribution is 2.30. The lowest BCUT2D eigenvalue weighted by Gasteiger charge is -2.23. The van der Waals surface area contributed by atoms with Gasteiger partial charge >= 0.3 is 6.03 Å². The first-order valence-corrected chi connectivity index (χ1v) is 11.5. The summed E-state index contributed by atoms with van der Waals surface area (Å²) < 4.78 is 0. The van der Waals surface area contributed by atoms with Gasteiger partial charge in [-0.05, 0) is 82.2 Å². The number of aromatic nitrogens is 4. The SMILES string of the molecule is Cc1cc(Nc2cc(C)nc(Sc3ccc(NC(=O)NC4CCNCC4)cc3C)n2)[nH]n1. The Kier molecular flexibility index (Phi) is 6.91. The maximum atomic E-state index is 12.3. The number of hydrogen-bond acceptors (Lipinski definition) is 7. The third-order valence-electron chi connectivity index (χ3n) is 5.11. The van der Waals surface area contributed by atoms with Crippen molar-refractivity contribution in [3.05, 3.63) is 47.3 Å². The Hall–Kier alpha value is -3.11. The second-order valence-corrected chi connectivity index (χ2v) is 8.94. The van der Waals surface area contributed by atoms with Crippen LogP contribution in [0, 0.1) is 20.8 Å². The molecule has 0 atom stereocenters. The first-order valence-electron chi connectivity index (χ1n) is 10.7. The average Bonchev–Trinajstić information content (AvgIpc) is 3.15. The maximum Gasteiger partial charge on any atom is 0.319 e. The molecule has 0 aliphatic carbocycles. The molecule has 2 amide bonds. The lowest BCUT2D eigenvalue weighted by atomic mass is 10.1. The van der Waals surface area contributed by atoms with Gasteiger partial charge in [0, 0.05) is 34.5 Å². The van der Waals surface area contributed by atoms with E-state index in [1.54, 1.807) is 0 Å². The van der Waals surface area contributed by atoms with Gasteiger partial charge in [-0.2, -0.15) is 5.10 Å². The van der Waals surface area contributed by atoms with Crippen LogP contribution in [0.5, 0.6) is 0 Å². The number of piperidine rings is 1. The molecule has 9 nitrogen and oxygen atoms in total. The summed E-state index contributed by atoms with van der Waals surface area (Å²) >= 11 is 1.49. The van der Waals surface area contributed by atoms with Gasteiger partial charge in [-0.15, -0.1) is 0 Å². The highest BCUT2D eigenvalue weighted by Gasteiger charge is 2.15. The molecule has 3 heterocycles. The molecule has 3 aromatic rings. The van der Waals surface area contributed by atoms with E-state index in [0.29, 0.717) is 11.0 Å². The van der Waals surface area contributed by atoms with E-state index in [4.69, 9.17) is 0 Å². The Balaban J connectivity index is 1.40. The molecule has 1 saturated heterocycles. The molecule has 1 fully saturated rings. The molecule has 168 valence electrons. The smallest absolute Gasteiger partial charge is 0.319 e. The average molecular weight is 453 g/mol. The van der Waals surface area contributed by atoms with Gasteiger partial charge in [0.25, 0.3) is 0 Å². The summed E-state index contributed by atoms with van der Waals surface area (Å²) in [6.45, 7) is 7.76. The maximum absolute atomic E-state index is 12.3. The molecule has 1 aliphatic heterocycles. The number of hydrogen-bond donors (Lipinski definition) is 5. The van der Waals surface area contributed by atoms with Crippen molar-refractivity contribution < 1.29 is 4.79 Å². The Morgan fingerprint density at radius 1 is 1.06 bits per heavy atom. The van der Waals surface area contributed by atoms with E-state index in [9.17, 15) is 4.79 Å². The lowest BCUT2D eigenvalue weighted by molar-refractivity contribution is 0.245. The van der Waals surface area contributed by atoms with Crippen molar-refractivity contribution >= 4 is 35.1 Å². The first kappa shape index (κ1) is 22.1. The van der Waals surface area contributed by atoms with Crippen LogP contribution < -0.4 is 21.3 Å². The van der Waals surface area contributed by atoms with Crippen LogP contribution in [0.15, 0.2) is 40.4 Å². The minimum Gasteiger partial charge on any atom is -0.335 e. The van der Waals surface area contributed by atoms with Crippen LogP contribution in [0.1, 0.15) is 29.8 Å². The Morgan fingerprint density at radius 3 is 2.59 bits per heavy atom. The van der Waals surface area contributed by atoms with E-state index in [2.05, 4.69) is 41.4 Å². The van der Waals surface area contributed by atoms with Gasteiger partial charge in [0.15, 0.2) is 5.16 Å². The van der Waals surface area contributed by atoms with E-state index in [1.807, 2.05) is 51.1 Å². The molecule has 0 spiro atoms. The van der Waals surface area contributed by atoms with E-state index < -0.39 is 0 Å². The normalized spacial score (nSPS) is 14.2. The minimum absolute atomic E-state index is 0.163. The van der Waals surface area contributed by atoms with Crippen molar-refractivity contribution in [1.82, 2.24) is 30.8 Å². The van der Waals surface area contributed by atoms with Gasteiger partial charge in [-0.25, -0.2) is 14.8 Å². The lowest BCUT2D eigenvalue weighted by Crippen LogP contribution is -2.44. The zero-order valence-corrected chi connectivity index (χ0v) is 19.3. The third kappa shape index (κ3) is 5.98. The summed E-state index contributed by atoms with van der Waals surface area (Å²) in [5, 5.41) is 20.2. The van der Waals surface area contributed by atoms with Crippen LogP contribution in [0.3, 0.4) is 0 Å². The Bertz CT molecular complexity index is 1090. The number of rotatable bonds is 6. The third-order valence-corrected chi connectivity index (χ3v) is 6.15. The molecule has 0 radical (unpaired) electrons. The monoisotopic (exact) mass is 452 g/mol. The number of aryl methyl sites for hydroxylation is 3. The topological polar surface area (TPSA) is 120 Å². The second-order valence-electron chi connectivity index (χ2n) is 7.93. The summed E-state index contributed by atoms with van der Waals surface area (Å²) in [7, 11) is 0. The fourth-order valence-corrected chi connectivity index (χ4v) is 4.42. The Morgan fingerprint density at radius 2 is 1.88 bits per heavy atom. The number of amides is 2. The predicted octanol–water partition coefficient (Wildman–Crippen LogP) is 3.89. The number of carbonyl (C=O) groups excluding carboxylic acids is 1. The molecule has 1 aromatic carbocycles. The zero-order chi connectivity index (χ0) is 22.5. The summed E-state index contributed by atoms with van der Waals surface area (Å²) in [6, 6.07) is 9.72. The summed E-state index contributed by atoms with van der Waals surface area (Å²) in [5.41, 5.74) is 3.58. The molecular weight excluding hydrogens is 424 g/mol. The number of benzene rings is 1. The predicted molar refractivity (Wildman–Crippen MR) is 127 cm³/mol. The van der Waals surface area contributed by atoms with Crippen LogP contribution in [-0.4, -0.2) is 45.3 Å². The van der Waals surface area contributed by atoms with E-state index >= 15 is 0 Å². The molecule has 0 unspecified atom stereocenters. The van der Waals surface area contributed by atoms with Crippen molar-refractivity contribution in [2.75, 3.05) is 23.7 Å². The fourth-order valence-electron chi connectivity index (χ4n) is 3.53. The van der Waals surface area contributed by atoms with Crippen molar-refractivity contribution in [2.45, 2.75) is 49.7 Å². The van der Waals surface area contributed by atoms with Crippen LogP contribution in [-0.2, 0) is 0 Å². The molecule has 32 heavy (non-hydrogen) atoms. The number of nitrogens with zero attached hydrogens (tertiary/aromatic N) is 3. The Labute approximate surface area is 191 Å². The number of anilines is 3. The van der Waals surface area contributed by atoms with Gasteiger partial charge in [0.05, 0.1) is 5.69 Å². The molecule has 5 N–H and O–H groups in total. The van der Waals surface area contributed by atoms with Gasteiger partial charge in [0.1, 0.15) is 11.6 Å². The summed E-state index contributed by atoms with van der Waals surface area (Å²) in [4.78, 5) is 22.5. The van der Waals surface area contributed by atoms with Crippen LogP contribution in [0.25, 0.3) is 0 Å². The number of urea groups is 1. The summed E-state index contributed by atoms with van der Waals surface area (Å²) in [5.74, 6) is 1.49. The summed E-state index contributed by atoms with van der Waals surface area (Å²) in [6.07, 6.45) is 1.91. The minimum atomic E-state index is -0.163. The molecule has 0 saturated carbocycles. The second kappa shape index (κ2) is 10.0. The quantitative estimate of drug-likeness (QED) is 0.360. The van der Waals surface area contributed by atoms with Gasteiger partial charge in [-0.3, -0.25) is 5.10 Å². The van der Waals surface area contributed by atoms with Gasteiger partial charge < -0.3 is 21.3 Å².